The van der Waals surface area contributed by atoms with E-state index < -0.39 is 0 Å². The van der Waals surface area contributed by atoms with Gasteiger partial charge in [-0.15, -0.1) is 0 Å². The van der Waals surface area contributed by atoms with Crippen molar-refractivity contribution in [2.24, 2.45) is 0 Å². The Morgan fingerprint density at radius 2 is 1.61 bits per heavy atom. The zero-order valence-corrected chi connectivity index (χ0v) is 18.3. The van der Waals surface area contributed by atoms with Gasteiger partial charge in [-0.25, -0.2) is 0 Å². The lowest BCUT2D eigenvalue weighted by molar-refractivity contribution is -0.115. The molecule has 162 valence electrons. The van der Waals surface area contributed by atoms with Crippen LogP contribution in [-0.2, 0) is 11.2 Å². The lowest BCUT2D eigenvalue weighted by Crippen LogP contribution is -2.24. The van der Waals surface area contributed by atoms with E-state index in [0.717, 1.165) is 38.2 Å². The molecule has 1 aliphatic rings. The fourth-order valence-electron chi connectivity index (χ4n) is 4.33. The van der Waals surface area contributed by atoms with Crippen molar-refractivity contribution < 1.29 is 14.4 Å². The van der Waals surface area contributed by atoms with Crippen LogP contribution in [-0.4, -0.2) is 34.7 Å². The Hall–Kier alpha value is -4.32. The summed E-state index contributed by atoms with van der Waals surface area (Å²) in [5.74, 6) is -0.928. The molecule has 2 heterocycles. The van der Waals surface area contributed by atoms with E-state index in [1.807, 2.05) is 61.5 Å². The number of para-hydroxylation sites is 1. The van der Waals surface area contributed by atoms with E-state index in [1.54, 1.807) is 18.2 Å². The average molecular weight is 435 g/mol. The number of carbonyl (C=O) groups excluding carboxylic acids is 3. The minimum Gasteiger partial charge on any atom is -0.326 e. The number of anilines is 1. The average Bonchev–Trinajstić information content (AvgIpc) is 3.03. The van der Waals surface area contributed by atoms with Crippen molar-refractivity contribution in [1.29, 1.82) is 0 Å². The number of amides is 3. The van der Waals surface area contributed by atoms with Gasteiger partial charge in [-0.2, -0.15) is 0 Å². The van der Waals surface area contributed by atoms with Crippen molar-refractivity contribution in [3.8, 4) is 11.1 Å². The molecule has 3 aromatic carbocycles. The molecule has 3 amide bonds. The van der Waals surface area contributed by atoms with Gasteiger partial charge in [0.15, 0.2) is 0 Å². The molecule has 0 atom stereocenters. The van der Waals surface area contributed by atoms with Gasteiger partial charge in [-0.05, 0) is 47.9 Å². The van der Waals surface area contributed by atoms with E-state index in [0.29, 0.717) is 16.8 Å². The van der Waals surface area contributed by atoms with Gasteiger partial charge in [0.1, 0.15) is 0 Å². The molecular weight excluding hydrogens is 414 g/mol. The zero-order chi connectivity index (χ0) is 23.1. The minimum absolute atomic E-state index is 0.123. The Labute approximate surface area is 190 Å². The maximum Gasteiger partial charge on any atom is 0.261 e. The number of benzene rings is 3. The van der Waals surface area contributed by atoms with E-state index in [2.05, 4.69) is 5.32 Å². The lowest BCUT2D eigenvalue weighted by Gasteiger charge is -2.16. The van der Waals surface area contributed by atoms with Crippen LogP contribution < -0.4 is 5.32 Å². The summed E-state index contributed by atoms with van der Waals surface area (Å²) in [5, 5.41) is 3.86. The van der Waals surface area contributed by atoms with E-state index in [-0.39, 0.29) is 24.1 Å². The first-order valence-corrected chi connectivity index (χ1v) is 10.6. The third kappa shape index (κ3) is 3.55. The van der Waals surface area contributed by atoms with Gasteiger partial charge in [-0.1, -0.05) is 48.5 Å². The third-order valence-corrected chi connectivity index (χ3v) is 5.97. The fourth-order valence-corrected chi connectivity index (χ4v) is 4.33. The summed E-state index contributed by atoms with van der Waals surface area (Å²) in [6, 6.07) is 22.7. The highest BCUT2D eigenvalue weighted by molar-refractivity contribution is 6.21. The number of nitrogens with one attached hydrogen (secondary N) is 1. The molecule has 0 radical (unpaired) electrons. The van der Waals surface area contributed by atoms with Crippen LogP contribution >= 0.6 is 0 Å². The summed E-state index contributed by atoms with van der Waals surface area (Å²) in [4.78, 5) is 43.3. The number of aromatic nitrogens is 1. The van der Waals surface area contributed by atoms with Crippen LogP contribution in [0.15, 0.2) is 72.8 Å². The summed E-state index contributed by atoms with van der Waals surface area (Å²) in [6.07, 6.45) is 0.123. The first-order chi connectivity index (χ1) is 15.9. The van der Waals surface area contributed by atoms with Crippen molar-refractivity contribution in [1.82, 2.24) is 9.88 Å². The first kappa shape index (κ1) is 20.6. The van der Waals surface area contributed by atoms with E-state index in [1.165, 1.54) is 7.05 Å². The van der Waals surface area contributed by atoms with Crippen LogP contribution in [0, 0.1) is 6.92 Å². The van der Waals surface area contributed by atoms with Crippen molar-refractivity contribution in [3.63, 3.8) is 0 Å². The van der Waals surface area contributed by atoms with Gasteiger partial charge in [-0.3, -0.25) is 24.3 Å². The third-order valence-electron chi connectivity index (χ3n) is 5.97. The summed E-state index contributed by atoms with van der Waals surface area (Å²) < 4.78 is 0. The molecular formula is C27H21N3O3. The minimum atomic E-state index is -0.368. The van der Waals surface area contributed by atoms with E-state index in [4.69, 9.17) is 4.98 Å². The molecule has 1 aromatic heterocycles. The Kier molecular flexibility index (Phi) is 4.98. The number of rotatable bonds is 4. The Bertz CT molecular complexity index is 1440. The number of pyridine rings is 1. The molecule has 0 saturated heterocycles. The van der Waals surface area contributed by atoms with Gasteiger partial charge in [0.2, 0.25) is 5.91 Å². The van der Waals surface area contributed by atoms with E-state index in [9.17, 15) is 14.4 Å². The van der Waals surface area contributed by atoms with Crippen LogP contribution in [0.1, 0.15) is 32.0 Å². The molecule has 4 aromatic rings. The zero-order valence-electron chi connectivity index (χ0n) is 18.3. The summed E-state index contributed by atoms with van der Waals surface area (Å²) in [6.45, 7) is 1.91. The van der Waals surface area contributed by atoms with Crippen LogP contribution in [0.5, 0.6) is 0 Å². The summed E-state index contributed by atoms with van der Waals surface area (Å²) in [5.41, 5.74) is 5.66. The molecule has 0 unspecified atom stereocenters. The van der Waals surface area contributed by atoms with Crippen LogP contribution in [0.25, 0.3) is 22.0 Å². The van der Waals surface area contributed by atoms with Gasteiger partial charge < -0.3 is 5.32 Å². The maximum absolute atomic E-state index is 13.1. The molecule has 0 fully saturated rings. The highest BCUT2D eigenvalue weighted by Gasteiger charge is 2.32. The fraction of sp³-hybridized carbons (Fsp3) is 0.111. The molecule has 6 heteroatoms. The molecule has 0 aliphatic carbocycles. The molecule has 1 N–H and O–H groups in total. The van der Waals surface area contributed by atoms with Gasteiger partial charge in [0.05, 0.1) is 23.1 Å². The lowest BCUT2D eigenvalue weighted by atomic mass is 9.92. The van der Waals surface area contributed by atoms with Crippen LogP contribution in [0.2, 0.25) is 0 Å². The molecule has 0 bridgehead atoms. The highest BCUT2D eigenvalue weighted by Crippen LogP contribution is 2.33. The van der Waals surface area contributed by atoms with Crippen molar-refractivity contribution in [3.05, 3.63) is 95.2 Å². The summed E-state index contributed by atoms with van der Waals surface area (Å²) in [7, 11) is 1.45. The second-order valence-corrected chi connectivity index (χ2v) is 8.09. The second kappa shape index (κ2) is 7.98. The smallest absolute Gasteiger partial charge is 0.261 e. The Morgan fingerprint density at radius 3 is 2.39 bits per heavy atom. The predicted octanol–water partition coefficient (Wildman–Crippen LogP) is 4.62. The first-order valence-electron chi connectivity index (χ1n) is 10.6. The van der Waals surface area contributed by atoms with Crippen molar-refractivity contribution in [2.75, 3.05) is 12.4 Å². The largest absolute Gasteiger partial charge is 0.326 e. The number of hydrogen-bond donors (Lipinski definition) is 1. The molecule has 1 aliphatic heterocycles. The normalized spacial score (nSPS) is 12.8. The molecule has 0 saturated carbocycles. The Morgan fingerprint density at radius 1 is 0.909 bits per heavy atom. The quantitative estimate of drug-likeness (QED) is 0.475. The molecule has 5 rings (SSSR count). The van der Waals surface area contributed by atoms with E-state index >= 15 is 0 Å². The molecule has 33 heavy (non-hydrogen) atoms. The summed E-state index contributed by atoms with van der Waals surface area (Å²) >= 11 is 0. The number of carbonyl (C=O) groups is 3. The Balaban J connectivity index is 1.50. The topological polar surface area (TPSA) is 79.4 Å². The van der Waals surface area contributed by atoms with Crippen molar-refractivity contribution >= 4 is 34.3 Å². The number of fused-ring (bicyclic) bond motifs is 2. The number of imide groups is 1. The van der Waals surface area contributed by atoms with Gasteiger partial charge in [0.25, 0.3) is 11.8 Å². The van der Waals surface area contributed by atoms with Crippen molar-refractivity contribution in [2.45, 2.75) is 13.3 Å². The molecule has 0 spiro atoms. The highest BCUT2D eigenvalue weighted by atomic mass is 16.2. The predicted molar refractivity (Wildman–Crippen MR) is 127 cm³/mol. The van der Waals surface area contributed by atoms with Gasteiger partial charge in [0, 0.05) is 23.8 Å². The maximum atomic E-state index is 13.1. The number of aryl methyl sites for hydroxylation is 1. The SMILES string of the molecule is Cc1nc2ccccc2c(-c2ccccc2)c1CC(=O)Nc1ccc2c(c1)C(=O)N(C)C2=O. The number of nitrogens with zero attached hydrogens (tertiary/aromatic N) is 2. The monoisotopic (exact) mass is 435 g/mol. The van der Waals surface area contributed by atoms with Crippen LogP contribution in [0.4, 0.5) is 5.69 Å². The number of hydrogen-bond acceptors (Lipinski definition) is 4. The molecule has 6 nitrogen and oxygen atoms in total. The standard InChI is InChI=1S/C27H21N3O3/c1-16-21(25(17-8-4-3-5-9-17)20-10-6-7-11-23(20)28-16)15-24(31)29-18-12-13-19-22(14-18)27(33)30(2)26(19)32/h3-14H,15H2,1-2H3,(H,29,31). The second-order valence-electron chi connectivity index (χ2n) is 8.09. The van der Waals surface area contributed by atoms with Gasteiger partial charge >= 0.3 is 0 Å². The van der Waals surface area contributed by atoms with Crippen LogP contribution in [0.3, 0.4) is 0 Å².